The SMILES string of the molecule is CC(C)(C)c1ccc(C2(CN)CC3(CCCC3)C2)cc1. The van der Waals surface area contributed by atoms with Crippen LogP contribution < -0.4 is 5.73 Å². The minimum atomic E-state index is 0.237. The summed E-state index contributed by atoms with van der Waals surface area (Å²) >= 11 is 0. The van der Waals surface area contributed by atoms with Gasteiger partial charge in [0.2, 0.25) is 0 Å². The van der Waals surface area contributed by atoms with Crippen molar-refractivity contribution in [1.29, 1.82) is 0 Å². The summed E-state index contributed by atoms with van der Waals surface area (Å²) < 4.78 is 0. The molecule has 0 radical (unpaired) electrons. The van der Waals surface area contributed by atoms with Crippen LogP contribution in [0.15, 0.2) is 24.3 Å². The second kappa shape index (κ2) is 4.59. The van der Waals surface area contributed by atoms with Gasteiger partial charge in [-0.15, -0.1) is 0 Å². The first-order valence-corrected chi connectivity index (χ1v) is 8.20. The quantitative estimate of drug-likeness (QED) is 0.840. The normalized spacial score (nSPS) is 23.8. The molecule has 1 spiro atoms. The Balaban J connectivity index is 1.81. The monoisotopic (exact) mass is 271 g/mol. The summed E-state index contributed by atoms with van der Waals surface area (Å²) in [5.41, 5.74) is 10.2. The molecular weight excluding hydrogens is 242 g/mol. The predicted octanol–water partition coefficient (Wildman–Crippen LogP) is 4.53. The number of hydrogen-bond donors (Lipinski definition) is 1. The summed E-state index contributed by atoms with van der Waals surface area (Å²) in [6.07, 6.45) is 8.40. The van der Waals surface area contributed by atoms with Crippen molar-refractivity contribution in [3.8, 4) is 0 Å². The lowest BCUT2D eigenvalue weighted by Gasteiger charge is -2.55. The van der Waals surface area contributed by atoms with Crippen LogP contribution in [0.1, 0.15) is 70.4 Å². The zero-order valence-corrected chi connectivity index (χ0v) is 13.3. The van der Waals surface area contributed by atoms with E-state index in [0.29, 0.717) is 5.41 Å². The van der Waals surface area contributed by atoms with Crippen molar-refractivity contribution in [3.63, 3.8) is 0 Å². The Kier molecular flexibility index (Phi) is 3.25. The standard InChI is InChI=1S/C19H29N/c1-17(2,3)15-6-8-16(9-7-15)19(14-20)12-18(13-19)10-4-5-11-18/h6-9H,4-5,10-14,20H2,1-3H3. The third-order valence-corrected chi connectivity index (χ3v) is 5.85. The van der Waals surface area contributed by atoms with Crippen molar-refractivity contribution < 1.29 is 0 Å². The van der Waals surface area contributed by atoms with Crippen LogP contribution in [-0.2, 0) is 10.8 Å². The Hall–Kier alpha value is -0.820. The van der Waals surface area contributed by atoms with Crippen LogP contribution >= 0.6 is 0 Å². The maximum absolute atomic E-state index is 6.18. The second-order valence-corrected chi connectivity index (χ2v) is 8.37. The topological polar surface area (TPSA) is 26.0 Å². The van der Waals surface area contributed by atoms with Gasteiger partial charge in [0.05, 0.1) is 0 Å². The van der Waals surface area contributed by atoms with E-state index in [1.807, 2.05) is 0 Å². The van der Waals surface area contributed by atoms with E-state index in [0.717, 1.165) is 6.54 Å². The van der Waals surface area contributed by atoms with E-state index in [2.05, 4.69) is 45.0 Å². The molecule has 0 aromatic heterocycles. The maximum Gasteiger partial charge on any atom is 0.00861 e. The summed E-state index contributed by atoms with van der Waals surface area (Å²) in [4.78, 5) is 0. The third kappa shape index (κ3) is 2.20. The van der Waals surface area contributed by atoms with E-state index in [-0.39, 0.29) is 10.8 Å². The molecule has 0 atom stereocenters. The van der Waals surface area contributed by atoms with Gasteiger partial charge in [0.15, 0.2) is 0 Å². The molecule has 0 unspecified atom stereocenters. The van der Waals surface area contributed by atoms with Crippen LogP contribution in [-0.4, -0.2) is 6.54 Å². The highest BCUT2D eigenvalue weighted by Gasteiger charge is 2.54. The van der Waals surface area contributed by atoms with Gasteiger partial charge in [0.1, 0.15) is 0 Å². The highest BCUT2D eigenvalue weighted by molar-refractivity contribution is 5.36. The number of nitrogens with two attached hydrogens (primary N) is 1. The Morgan fingerprint density at radius 3 is 2.00 bits per heavy atom. The average Bonchev–Trinajstić information content (AvgIpc) is 2.85. The zero-order chi connectivity index (χ0) is 14.4. The summed E-state index contributed by atoms with van der Waals surface area (Å²) in [6, 6.07) is 9.31. The van der Waals surface area contributed by atoms with Crippen molar-refractivity contribution in [2.24, 2.45) is 11.1 Å². The molecule has 1 heteroatoms. The van der Waals surface area contributed by atoms with Gasteiger partial charge in [-0.05, 0) is 47.6 Å². The number of benzene rings is 1. The zero-order valence-electron chi connectivity index (χ0n) is 13.3. The van der Waals surface area contributed by atoms with Crippen molar-refractivity contribution >= 4 is 0 Å². The Labute approximate surface area is 124 Å². The van der Waals surface area contributed by atoms with Gasteiger partial charge in [0.25, 0.3) is 0 Å². The minimum Gasteiger partial charge on any atom is -0.330 e. The van der Waals surface area contributed by atoms with Crippen LogP contribution in [0.5, 0.6) is 0 Å². The molecule has 3 rings (SSSR count). The Morgan fingerprint density at radius 2 is 1.55 bits per heavy atom. The summed E-state index contributed by atoms with van der Waals surface area (Å²) in [5.74, 6) is 0. The van der Waals surface area contributed by atoms with Crippen LogP contribution in [0.2, 0.25) is 0 Å². The van der Waals surface area contributed by atoms with E-state index in [4.69, 9.17) is 5.73 Å². The molecule has 1 aromatic carbocycles. The summed E-state index contributed by atoms with van der Waals surface area (Å²) in [6.45, 7) is 7.64. The second-order valence-electron chi connectivity index (χ2n) is 8.37. The highest BCUT2D eigenvalue weighted by atomic mass is 14.7. The molecule has 0 saturated heterocycles. The predicted molar refractivity (Wildman–Crippen MR) is 86.0 cm³/mol. The van der Waals surface area contributed by atoms with Gasteiger partial charge in [-0.2, -0.15) is 0 Å². The van der Waals surface area contributed by atoms with E-state index in [1.54, 1.807) is 0 Å². The Bertz CT molecular complexity index is 463. The maximum atomic E-state index is 6.18. The fraction of sp³-hybridized carbons (Fsp3) is 0.684. The lowest BCUT2D eigenvalue weighted by atomic mass is 9.49. The molecule has 2 N–H and O–H groups in total. The Morgan fingerprint density at radius 1 is 1.00 bits per heavy atom. The fourth-order valence-electron chi connectivity index (χ4n) is 4.65. The smallest absolute Gasteiger partial charge is 0.00861 e. The first-order valence-electron chi connectivity index (χ1n) is 8.20. The molecule has 2 fully saturated rings. The lowest BCUT2D eigenvalue weighted by molar-refractivity contribution is 0.0329. The van der Waals surface area contributed by atoms with Gasteiger partial charge in [-0.3, -0.25) is 0 Å². The third-order valence-electron chi connectivity index (χ3n) is 5.85. The minimum absolute atomic E-state index is 0.237. The number of rotatable bonds is 2. The van der Waals surface area contributed by atoms with Gasteiger partial charge >= 0.3 is 0 Å². The molecule has 1 nitrogen and oxygen atoms in total. The fourth-order valence-corrected chi connectivity index (χ4v) is 4.65. The van der Waals surface area contributed by atoms with Crippen molar-refractivity contribution in [2.45, 2.75) is 70.1 Å². The molecule has 2 aliphatic rings. The van der Waals surface area contributed by atoms with Gasteiger partial charge in [-0.25, -0.2) is 0 Å². The van der Waals surface area contributed by atoms with Gasteiger partial charge in [-0.1, -0.05) is 57.9 Å². The average molecular weight is 271 g/mol. The van der Waals surface area contributed by atoms with Crippen LogP contribution in [0, 0.1) is 5.41 Å². The summed E-state index contributed by atoms with van der Waals surface area (Å²) in [5, 5.41) is 0. The van der Waals surface area contributed by atoms with Crippen LogP contribution in [0.3, 0.4) is 0 Å². The molecule has 0 aliphatic heterocycles. The first-order chi connectivity index (χ1) is 9.39. The van der Waals surface area contributed by atoms with Gasteiger partial charge in [0, 0.05) is 12.0 Å². The molecule has 0 bridgehead atoms. The number of hydrogen-bond acceptors (Lipinski definition) is 1. The molecular formula is C19H29N. The molecule has 2 aliphatic carbocycles. The van der Waals surface area contributed by atoms with Gasteiger partial charge < -0.3 is 5.73 Å². The largest absolute Gasteiger partial charge is 0.330 e. The van der Waals surface area contributed by atoms with Crippen molar-refractivity contribution in [3.05, 3.63) is 35.4 Å². The van der Waals surface area contributed by atoms with Crippen LogP contribution in [0.25, 0.3) is 0 Å². The molecule has 0 heterocycles. The molecule has 0 amide bonds. The molecule has 1 aromatic rings. The lowest BCUT2D eigenvalue weighted by Crippen LogP contribution is -2.52. The highest BCUT2D eigenvalue weighted by Crippen LogP contribution is 2.62. The van der Waals surface area contributed by atoms with Crippen LogP contribution in [0.4, 0.5) is 0 Å². The molecule has 110 valence electrons. The molecule has 2 saturated carbocycles. The van der Waals surface area contributed by atoms with E-state index < -0.39 is 0 Å². The van der Waals surface area contributed by atoms with E-state index in [1.165, 1.54) is 49.7 Å². The van der Waals surface area contributed by atoms with Crippen molar-refractivity contribution in [1.82, 2.24) is 0 Å². The molecule has 20 heavy (non-hydrogen) atoms. The van der Waals surface area contributed by atoms with E-state index >= 15 is 0 Å². The first kappa shape index (κ1) is 14.1. The van der Waals surface area contributed by atoms with E-state index in [9.17, 15) is 0 Å². The van der Waals surface area contributed by atoms with Crippen molar-refractivity contribution in [2.75, 3.05) is 6.54 Å². The summed E-state index contributed by atoms with van der Waals surface area (Å²) in [7, 11) is 0.